The summed E-state index contributed by atoms with van der Waals surface area (Å²) < 4.78 is 6.74. The van der Waals surface area contributed by atoms with Gasteiger partial charge in [-0.2, -0.15) is 0 Å². The van der Waals surface area contributed by atoms with Crippen LogP contribution in [-0.4, -0.2) is 37.3 Å². The lowest BCUT2D eigenvalue weighted by molar-refractivity contribution is 0.0421. The maximum Gasteiger partial charge on any atom is 0.128 e. The summed E-state index contributed by atoms with van der Waals surface area (Å²) in [5.74, 6) is 1.06. The topological polar surface area (TPSA) is 51.4 Å². The van der Waals surface area contributed by atoms with Crippen molar-refractivity contribution in [3.8, 4) is 0 Å². The molecule has 1 fully saturated rings. The Hall–Kier alpha value is -0.650. The summed E-state index contributed by atoms with van der Waals surface area (Å²) in [4.78, 5) is 6.92. The molecule has 0 saturated carbocycles. The summed E-state index contributed by atoms with van der Waals surface area (Å²) >= 11 is 3.48. The Balaban J connectivity index is 1.90. The lowest BCUT2D eigenvalue weighted by Crippen LogP contribution is -2.38. The molecule has 0 aliphatic carbocycles. The third-order valence-electron chi connectivity index (χ3n) is 3.24. The van der Waals surface area contributed by atoms with Crippen molar-refractivity contribution in [2.45, 2.75) is 25.9 Å². The highest BCUT2D eigenvalue weighted by Crippen LogP contribution is 2.22. The Morgan fingerprint density at radius 2 is 2.17 bits per heavy atom. The normalized spacial score (nSPS) is 17.2. The standard InChI is InChI=1S/C13H20BrN3O/c1-10-12(14)2-3-13(16-10)17-7-4-11(5-8-17)18-9-6-15/h2-3,11H,4-9,15H2,1H3. The molecule has 2 rings (SSSR count). The number of nitrogens with two attached hydrogens (primary N) is 1. The number of hydrogen-bond acceptors (Lipinski definition) is 4. The highest BCUT2D eigenvalue weighted by atomic mass is 79.9. The first-order valence-electron chi connectivity index (χ1n) is 6.40. The first-order valence-corrected chi connectivity index (χ1v) is 7.20. The Bertz CT molecular complexity index is 392. The molecule has 0 unspecified atom stereocenters. The van der Waals surface area contributed by atoms with Crippen LogP contribution in [0.4, 0.5) is 5.82 Å². The highest BCUT2D eigenvalue weighted by Gasteiger charge is 2.20. The second-order valence-electron chi connectivity index (χ2n) is 4.58. The van der Waals surface area contributed by atoms with E-state index in [0.29, 0.717) is 19.3 Å². The van der Waals surface area contributed by atoms with Crippen molar-refractivity contribution in [1.29, 1.82) is 0 Å². The molecule has 2 heterocycles. The quantitative estimate of drug-likeness (QED) is 0.925. The molecule has 0 radical (unpaired) electrons. The lowest BCUT2D eigenvalue weighted by atomic mass is 10.1. The van der Waals surface area contributed by atoms with Gasteiger partial charge in [-0.05, 0) is 47.8 Å². The Labute approximate surface area is 117 Å². The zero-order valence-corrected chi connectivity index (χ0v) is 12.3. The number of hydrogen-bond donors (Lipinski definition) is 1. The molecule has 5 heteroatoms. The molecule has 1 aromatic rings. The summed E-state index contributed by atoms with van der Waals surface area (Å²) in [6, 6.07) is 4.13. The minimum Gasteiger partial charge on any atom is -0.377 e. The number of aromatic nitrogens is 1. The van der Waals surface area contributed by atoms with Crippen molar-refractivity contribution in [3.63, 3.8) is 0 Å². The third-order valence-corrected chi connectivity index (χ3v) is 4.08. The van der Waals surface area contributed by atoms with Crippen LogP contribution >= 0.6 is 15.9 Å². The fourth-order valence-corrected chi connectivity index (χ4v) is 2.41. The number of nitrogens with zero attached hydrogens (tertiary/aromatic N) is 2. The molecule has 0 aromatic carbocycles. The van der Waals surface area contributed by atoms with Crippen LogP contribution in [0.1, 0.15) is 18.5 Å². The van der Waals surface area contributed by atoms with Crippen LogP contribution in [0.5, 0.6) is 0 Å². The van der Waals surface area contributed by atoms with E-state index >= 15 is 0 Å². The number of rotatable bonds is 4. The first kappa shape index (κ1) is 13.8. The van der Waals surface area contributed by atoms with E-state index in [1.807, 2.05) is 6.92 Å². The number of ether oxygens (including phenoxy) is 1. The molecule has 0 bridgehead atoms. The van der Waals surface area contributed by atoms with Crippen LogP contribution in [0.2, 0.25) is 0 Å². The van der Waals surface area contributed by atoms with Crippen LogP contribution in [0.3, 0.4) is 0 Å². The minimum absolute atomic E-state index is 0.362. The van der Waals surface area contributed by atoms with E-state index in [4.69, 9.17) is 10.5 Å². The molecule has 1 aromatic heterocycles. The van der Waals surface area contributed by atoms with Gasteiger partial charge in [0.05, 0.1) is 18.4 Å². The molecular formula is C13H20BrN3O. The predicted molar refractivity (Wildman–Crippen MR) is 76.9 cm³/mol. The van der Waals surface area contributed by atoms with Crippen molar-refractivity contribution < 1.29 is 4.74 Å². The van der Waals surface area contributed by atoms with Crippen LogP contribution in [0.15, 0.2) is 16.6 Å². The van der Waals surface area contributed by atoms with Crippen molar-refractivity contribution in [1.82, 2.24) is 4.98 Å². The van der Waals surface area contributed by atoms with Gasteiger partial charge in [-0.25, -0.2) is 4.98 Å². The molecule has 0 atom stereocenters. The van der Waals surface area contributed by atoms with Crippen molar-refractivity contribution in [3.05, 3.63) is 22.3 Å². The summed E-state index contributed by atoms with van der Waals surface area (Å²) in [6.07, 6.45) is 2.47. The molecule has 1 aliphatic heterocycles. The summed E-state index contributed by atoms with van der Waals surface area (Å²) in [5.41, 5.74) is 6.48. The Morgan fingerprint density at radius 1 is 1.44 bits per heavy atom. The van der Waals surface area contributed by atoms with Crippen LogP contribution in [-0.2, 0) is 4.74 Å². The number of pyridine rings is 1. The van der Waals surface area contributed by atoms with Gasteiger partial charge in [0.1, 0.15) is 5.82 Å². The van der Waals surface area contributed by atoms with Crippen molar-refractivity contribution in [2.24, 2.45) is 5.73 Å². The average Bonchev–Trinajstić information content (AvgIpc) is 2.40. The van der Waals surface area contributed by atoms with E-state index in [2.05, 4.69) is 37.9 Å². The first-order chi connectivity index (χ1) is 8.70. The average molecular weight is 314 g/mol. The second kappa shape index (κ2) is 6.50. The van der Waals surface area contributed by atoms with E-state index in [-0.39, 0.29) is 0 Å². The smallest absolute Gasteiger partial charge is 0.128 e. The molecule has 0 amide bonds. The number of piperidine rings is 1. The maximum atomic E-state index is 5.68. The monoisotopic (exact) mass is 313 g/mol. The summed E-state index contributed by atoms with van der Waals surface area (Å²) in [5, 5.41) is 0. The summed E-state index contributed by atoms with van der Waals surface area (Å²) in [6.45, 7) is 5.30. The van der Waals surface area contributed by atoms with Crippen LogP contribution in [0, 0.1) is 6.92 Å². The summed E-state index contributed by atoms with van der Waals surface area (Å²) in [7, 11) is 0. The molecular weight excluding hydrogens is 294 g/mol. The van der Waals surface area contributed by atoms with Gasteiger partial charge in [-0.1, -0.05) is 0 Å². The highest BCUT2D eigenvalue weighted by molar-refractivity contribution is 9.10. The molecule has 1 aliphatic rings. The van der Waals surface area contributed by atoms with E-state index < -0.39 is 0 Å². The SMILES string of the molecule is Cc1nc(N2CCC(OCCN)CC2)ccc1Br. The third kappa shape index (κ3) is 3.43. The zero-order valence-electron chi connectivity index (χ0n) is 10.7. The van der Waals surface area contributed by atoms with Gasteiger partial charge in [0.15, 0.2) is 0 Å². The van der Waals surface area contributed by atoms with Crippen molar-refractivity contribution in [2.75, 3.05) is 31.1 Å². The minimum atomic E-state index is 0.362. The molecule has 1 saturated heterocycles. The van der Waals surface area contributed by atoms with Crippen LogP contribution in [0.25, 0.3) is 0 Å². The molecule has 4 nitrogen and oxygen atoms in total. The fraction of sp³-hybridized carbons (Fsp3) is 0.615. The Kier molecular flexibility index (Phi) is 4.97. The number of anilines is 1. The van der Waals surface area contributed by atoms with Gasteiger partial charge < -0.3 is 15.4 Å². The molecule has 18 heavy (non-hydrogen) atoms. The fourth-order valence-electron chi connectivity index (χ4n) is 2.19. The Morgan fingerprint density at radius 3 is 2.78 bits per heavy atom. The number of halogens is 1. The van der Waals surface area contributed by atoms with Gasteiger partial charge in [0.2, 0.25) is 0 Å². The zero-order chi connectivity index (χ0) is 13.0. The molecule has 100 valence electrons. The van der Waals surface area contributed by atoms with Gasteiger partial charge in [0.25, 0.3) is 0 Å². The van der Waals surface area contributed by atoms with E-state index in [1.165, 1.54) is 0 Å². The second-order valence-corrected chi connectivity index (χ2v) is 5.44. The van der Waals surface area contributed by atoms with E-state index in [9.17, 15) is 0 Å². The van der Waals surface area contributed by atoms with Gasteiger partial charge >= 0.3 is 0 Å². The molecule has 0 spiro atoms. The van der Waals surface area contributed by atoms with E-state index in [1.54, 1.807) is 0 Å². The maximum absolute atomic E-state index is 5.68. The van der Waals surface area contributed by atoms with E-state index in [0.717, 1.165) is 41.9 Å². The number of aryl methyl sites for hydroxylation is 1. The van der Waals surface area contributed by atoms with Gasteiger partial charge in [0, 0.05) is 24.1 Å². The lowest BCUT2D eigenvalue weighted by Gasteiger charge is -2.32. The van der Waals surface area contributed by atoms with Crippen molar-refractivity contribution >= 4 is 21.7 Å². The van der Waals surface area contributed by atoms with Gasteiger partial charge in [-0.3, -0.25) is 0 Å². The predicted octanol–water partition coefficient (Wildman–Crippen LogP) is 2.10. The largest absolute Gasteiger partial charge is 0.377 e. The van der Waals surface area contributed by atoms with Crippen LogP contribution < -0.4 is 10.6 Å². The molecule has 2 N–H and O–H groups in total. The van der Waals surface area contributed by atoms with Gasteiger partial charge in [-0.15, -0.1) is 0 Å².